The minimum atomic E-state index is -0.0895. The average molecular weight is 443 g/mol. The van der Waals surface area contributed by atoms with Crippen molar-refractivity contribution in [2.45, 2.75) is 43.7 Å². The van der Waals surface area contributed by atoms with Crippen LogP contribution in [0.2, 0.25) is 0 Å². The molecule has 3 aromatic carbocycles. The maximum atomic E-state index is 13.2. The first-order valence-corrected chi connectivity index (χ1v) is 12.1. The van der Waals surface area contributed by atoms with Crippen molar-refractivity contribution in [1.82, 2.24) is 5.32 Å². The van der Waals surface area contributed by atoms with Crippen molar-refractivity contribution in [3.8, 4) is 0 Å². The summed E-state index contributed by atoms with van der Waals surface area (Å²) < 4.78 is 0. The highest BCUT2D eigenvalue weighted by Crippen LogP contribution is 2.37. The van der Waals surface area contributed by atoms with Gasteiger partial charge in [0.15, 0.2) is 0 Å². The molecule has 0 unspecified atom stereocenters. The van der Waals surface area contributed by atoms with Crippen LogP contribution in [0.1, 0.15) is 51.5 Å². The maximum Gasteiger partial charge on any atom is 0.251 e. The standard InChI is InChI=1S/C27H26N2O2S/c1-18-7-2-3-9-21(18)16-29-24-15-20(13-14-25(24)32-17-26(29)30)27(31)28-23-12-6-10-19-8-4-5-11-22(19)23/h2-5,7-9,11,13-15,23H,6,10,12,16-17H2,1H3,(H,28,31)/t23-/m1/s1. The van der Waals surface area contributed by atoms with Gasteiger partial charge in [0.05, 0.1) is 24.0 Å². The fourth-order valence-corrected chi connectivity index (χ4v) is 5.54. The van der Waals surface area contributed by atoms with E-state index in [0.717, 1.165) is 41.0 Å². The number of rotatable bonds is 4. The van der Waals surface area contributed by atoms with Gasteiger partial charge in [0.2, 0.25) is 5.91 Å². The zero-order valence-electron chi connectivity index (χ0n) is 18.1. The van der Waals surface area contributed by atoms with Crippen LogP contribution in [0.15, 0.2) is 71.6 Å². The van der Waals surface area contributed by atoms with Gasteiger partial charge in [-0.25, -0.2) is 0 Å². The molecular weight excluding hydrogens is 416 g/mol. The summed E-state index contributed by atoms with van der Waals surface area (Å²) in [7, 11) is 0. The lowest BCUT2D eigenvalue weighted by Crippen LogP contribution is -2.35. The number of benzene rings is 3. The summed E-state index contributed by atoms with van der Waals surface area (Å²) in [4.78, 5) is 28.9. The molecule has 1 atom stereocenters. The molecule has 1 aliphatic carbocycles. The van der Waals surface area contributed by atoms with Crippen molar-refractivity contribution < 1.29 is 9.59 Å². The Morgan fingerprint density at radius 3 is 2.78 bits per heavy atom. The van der Waals surface area contributed by atoms with Gasteiger partial charge in [-0.3, -0.25) is 9.59 Å². The smallest absolute Gasteiger partial charge is 0.251 e. The zero-order chi connectivity index (χ0) is 22.1. The Hall–Kier alpha value is -3.05. The molecule has 5 heteroatoms. The molecule has 0 radical (unpaired) electrons. The van der Waals surface area contributed by atoms with Crippen molar-refractivity contribution >= 4 is 29.3 Å². The largest absolute Gasteiger partial charge is 0.345 e. The number of fused-ring (bicyclic) bond motifs is 2. The molecule has 2 amide bonds. The maximum absolute atomic E-state index is 13.2. The van der Waals surface area contributed by atoms with Gasteiger partial charge in [0.1, 0.15) is 0 Å². The first kappa shape index (κ1) is 20.8. The van der Waals surface area contributed by atoms with Crippen molar-refractivity contribution in [1.29, 1.82) is 0 Å². The van der Waals surface area contributed by atoms with Crippen LogP contribution >= 0.6 is 11.8 Å². The molecule has 0 spiro atoms. The normalized spacial score (nSPS) is 17.5. The van der Waals surface area contributed by atoms with Gasteiger partial charge in [-0.1, -0.05) is 48.5 Å². The zero-order valence-corrected chi connectivity index (χ0v) is 19.0. The number of nitrogens with one attached hydrogen (secondary N) is 1. The van der Waals surface area contributed by atoms with Crippen LogP contribution < -0.4 is 10.2 Å². The Morgan fingerprint density at radius 1 is 1.09 bits per heavy atom. The van der Waals surface area contributed by atoms with Gasteiger partial charge in [-0.05, 0) is 66.6 Å². The highest BCUT2D eigenvalue weighted by Gasteiger charge is 2.27. The predicted octanol–water partition coefficient (Wildman–Crippen LogP) is 5.44. The molecule has 162 valence electrons. The summed E-state index contributed by atoms with van der Waals surface area (Å²) in [6.07, 6.45) is 3.08. The van der Waals surface area contributed by atoms with Gasteiger partial charge in [-0.15, -0.1) is 11.8 Å². The molecule has 1 aliphatic heterocycles. The summed E-state index contributed by atoms with van der Waals surface area (Å²) >= 11 is 1.54. The average Bonchev–Trinajstić information content (AvgIpc) is 2.82. The molecule has 0 aromatic heterocycles. The highest BCUT2D eigenvalue weighted by atomic mass is 32.2. The summed E-state index contributed by atoms with van der Waals surface area (Å²) in [5, 5.41) is 3.23. The number of hydrogen-bond acceptors (Lipinski definition) is 3. The fraction of sp³-hybridized carbons (Fsp3) is 0.259. The fourth-order valence-electron chi connectivity index (χ4n) is 4.62. The van der Waals surface area contributed by atoms with E-state index in [1.165, 1.54) is 22.9 Å². The van der Waals surface area contributed by atoms with Gasteiger partial charge in [0.25, 0.3) is 5.91 Å². The second kappa shape index (κ2) is 8.83. The highest BCUT2D eigenvalue weighted by molar-refractivity contribution is 8.00. The van der Waals surface area contributed by atoms with Gasteiger partial charge in [0, 0.05) is 10.5 Å². The Labute approximate surface area is 193 Å². The third kappa shape index (κ3) is 4.05. The van der Waals surface area contributed by atoms with E-state index < -0.39 is 0 Å². The molecule has 0 saturated heterocycles. The number of carbonyl (C=O) groups is 2. The van der Waals surface area contributed by atoms with Crippen LogP contribution in [0.3, 0.4) is 0 Å². The van der Waals surface area contributed by atoms with E-state index >= 15 is 0 Å². The minimum Gasteiger partial charge on any atom is -0.345 e. The molecule has 0 fully saturated rings. The predicted molar refractivity (Wildman–Crippen MR) is 129 cm³/mol. The van der Waals surface area contributed by atoms with Gasteiger partial charge in [-0.2, -0.15) is 0 Å². The first-order valence-electron chi connectivity index (χ1n) is 11.1. The lowest BCUT2D eigenvalue weighted by molar-refractivity contribution is -0.116. The van der Waals surface area contributed by atoms with E-state index in [1.807, 2.05) is 41.3 Å². The second-order valence-electron chi connectivity index (χ2n) is 8.49. The second-order valence-corrected chi connectivity index (χ2v) is 9.51. The Kier molecular flexibility index (Phi) is 5.75. The Bertz CT molecular complexity index is 1190. The number of aryl methyl sites for hydroxylation is 2. The molecular formula is C27H26N2O2S. The molecule has 0 saturated carbocycles. The first-order chi connectivity index (χ1) is 15.6. The van der Waals surface area contributed by atoms with Crippen LogP contribution in [0.5, 0.6) is 0 Å². The summed E-state index contributed by atoms with van der Waals surface area (Å²) in [5.41, 5.74) is 6.23. The van der Waals surface area contributed by atoms with E-state index in [-0.39, 0.29) is 17.9 Å². The molecule has 3 aromatic rings. The molecule has 4 nitrogen and oxygen atoms in total. The third-order valence-corrected chi connectivity index (χ3v) is 7.48. The number of anilines is 1. The summed E-state index contributed by atoms with van der Waals surface area (Å²) in [5.74, 6) is 0.404. The lowest BCUT2D eigenvalue weighted by atomic mass is 9.87. The van der Waals surface area contributed by atoms with Crippen LogP contribution in [-0.2, 0) is 17.8 Å². The number of amides is 2. The van der Waals surface area contributed by atoms with E-state index in [4.69, 9.17) is 0 Å². The van der Waals surface area contributed by atoms with Gasteiger partial charge >= 0.3 is 0 Å². The van der Waals surface area contributed by atoms with Crippen LogP contribution in [0, 0.1) is 6.92 Å². The van der Waals surface area contributed by atoms with Crippen LogP contribution in [0.4, 0.5) is 5.69 Å². The molecule has 2 aliphatic rings. The monoisotopic (exact) mass is 442 g/mol. The number of nitrogens with zero attached hydrogens (tertiary/aromatic N) is 1. The van der Waals surface area contributed by atoms with Crippen molar-refractivity contribution in [3.05, 3.63) is 94.5 Å². The third-order valence-electron chi connectivity index (χ3n) is 6.43. The van der Waals surface area contributed by atoms with E-state index in [9.17, 15) is 9.59 Å². The Balaban J connectivity index is 1.41. The van der Waals surface area contributed by atoms with E-state index in [1.54, 1.807) is 0 Å². The number of carbonyl (C=O) groups excluding carboxylic acids is 2. The lowest BCUT2D eigenvalue weighted by Gasteiger charge is -2.30. The minimum absolute atomic E-state index is 0.0301. The quantitative estimate of drug-likeness (QED) is 0.585. The van der Waals surface area contributed by atoms with E-state index in [0.29, 0.717) is 17.9 Å². The molecule has 1 heterocycles. The van der Waals surface area contributed by atoms with Gasteiger partial charge < -0.3 is 10.2 Å². The van der Waals surface area contributed by atoms with Crippen molar-refractivity contribution in [2.24, 2.45) is 0 Å². The summed E-state index contributed by atoms with van der Waals surface area (Å²) in [6.45, 7) is 2.57. The Morgan fingerprint density at radius 2 is 1.91 bits per heavy atom. The molecule has 0 bridgehead atoms. The topological polar surface area (TPSA) is 49.4 Å². The van der Waals surface area contributed by atoms with Crippen LogP contribution in [-0.4, -0.2) is 17.6 Å². The van der Waals surface area contributed by atoms with Crippen molar-refractivity contribution in [3.63, 3.8) is 0 Å². The van der Waals surface area contributed by atoms with Crippen LogP contribution in [0.25, 0.3) is 0 Å². The van der Waals surface area contributed by atoms with E-state index in [2.05, 4.69) is 42.6 Å². The molecule has 5 rings (SSSR count). The number of thioether (sulfide) groups is 1. The van der Waals surface area contributed by atoms with Crippen molar-refractivity contribution in [2.75, 3.05) is 10.7 Å². The molecule has 1 N–H and O–H groups in total. The summed E-state index contributed by atoms with van der Waals surface area (Å²) in [6, 6.07) is 22.2. The SMILES string of the molecule is Cc1ccccc1CN1C(=O)CSc2ccc(C(=O)N[C@@H]3CCCc4ccccc43)cc21. The number of hydrogen-bond donors (Lipinski definition) is 1. The molecule has 32 heavy (non-hydrogen) atoms.